The Labute approximate surface area is 112 Å². The zero-order chi connectivity index (χ0) is 13.0. The van der Waals surface area contributed by atoms with E-state index in [0.717, 1.165) is 25.7 Å². The van der Waals surface area contributed by atoms with E-state index >= 15 is 0 Å². The third-order valence-corrected chi connectivity index (χ3v) is 4.71. The molecule has 0 aromatic rings. The summed E-state index contributed by atoms with van der Waals surface area (Å²) < 4.78 is 0. The predicted molar refractivity (Wildman–Crippen MR) is 74.1 cm³/mol. The maximum Gasteiger partial charge on any atom is 0.255 e. The number of carbonyl (C=O) groups excluding carboxylic acids is 2. The lowest BCUT2D eigenvalue weighted by molar-refractivity contribution is -0.123. The summed E-state index contributed by atoms with van der Waals surface area (Å²) in [5, 5.41) is 2.49. The third-order valence-electron chi connectivity index (χ3n) is 3.26. The number of carbonyl (C=O) groups is 2. The standard InChI is InChI=1S/C14H19NO2S/c1-2-3-4-8-12(18-10-6-5-7-10)11-9-13(16)15-14(11)17/h6,9,12H,2-5,7-8H2,1H3,(H,15,16,17). The van der Waals surface area contributed by atoms with Crippen LogP contribution in [0.15, 0.2) is 22.6 Å². The smallest absolute Gasteiger partial charge is 0.255 e. The molecule has 18 heavy (non-hydrogen) atoms. The minimum Gasteiger partial charge on any atom is -0.289 e. The Morgan fingerprint density at radius 2 is 2.17 bits per heavy atom. The van der Waals surface area contributed by atoms with Crippen LogP contribution in [-0.2, 0) is 9.59 Å². The van der Waals surface area contributed by atoms with Gasteiger partial charge in [-0.15, -0.1) is 11.8 Å². The van der Waals surface area contributed by atoms with E-state index in [1.54, 1.807) is 11.8 Å². The molecule has 2 aliphatic rings. The van der Waals surface area contributed by atoms with Gasteiger partial charge in [0.1, 0.15) is 0 Å². The molecule has 0 saturated carbocycles. The van der Waals surface area contributed by atoms with E-state index < -0.39 is 0 Å². The van der Waals surface area contributed by atoms with E-state index in [-0.39, 0.29) is 17.1 Å². The van der Waals surface area contributed by atoms with Gasteiger partial charge in [0, 0.05) is 16.9 Å². The van der Waals surface area contributed by atoms with E-state index in [2.05, 4.69) is 18.3 Å². The Kier molecular flexibility index (Phi) is 4.64. The highest BCUT2D eigenvalue weighted by Crippen LogP contribution is 2.38. The normalized spacial score (nSPS) is 20.1. The fourth-order valence-corrected chi connectivity index (χ4v) is 3.48. The molecule has 0 aromatic heterocycles. The molecule has 0 spiro atoms. The van der Waals surface area contributed by atoms with Crippen LogP contribution in [0.1, 0.15) is 45.4 Å². The zero-order valence-corrected chi connectivity index (χ0v) is 11.5. The van der Waals surface area contributed by atoms with Crippen LogP contribution >= 0.6 is 11.8 Å². The average Bonchev–Trinajstić information content (AvgIpc) is 2.60. The SMILES string of the molecule is CCCCCC(SC1=CCC1)C1=CC(=O)NC1=O. The van der Waals surface area contributed by atoms with Crippen LogP contribution in [0.2, 0.25) is 0 Å². The van der Waals surface area contributed by atoms with Crippen molar-refractivity contribution in [3.05, 3.63) is 22.6 Å². The number of amides is 2. The second kappa shape index (κ2) is 6.23. The van der Waals surface area contributed by atoms with Gasteiger partial charge in [-0.05, 0) is 24.2 Å². The first-order valence-corrected chi connectivity index (χ1v) is 7.51. The first-order chi connectivity index (χ1) is 8.70. The van der Waals surface area contributed by atoms with Gasteiger partial charge in [-0.25, -0.2) is 0 Å². The van der Waals surface area contributed by atoms with Gasteiger partial charge >= 0.3 is 0 Å². The maximum absolute atomic E-state index is 11.7. The number of hydrogen-bond donors (Lipinski definition) is 1. The Hall–Kier alpha value is -1.03. The summed E-state index contributed by atoms with van der Waals surface area (Å²) >= 11 is 1.76. The Morgan fingerprint density at radius 3 is 2.67 bits per heavy atom. The second-order valence-electron chi connectivity index (χ2n) is 4.73. The Morgan fingerprint density at radius 1 is 1.39 bits per heavy atom. The lowest BCUT2D eigenvalue weighted by Gasteiger charge is -2.21. The molecule has 1 heterocycles. The summed E-state index contributed by atoms with van der Waals surface area (Å²) in [5.74, 6) is -0.465. The number of imide groups is 1. The predicted octanol–water partition coefficient (Wildman–Crippen LogP) is 2.93. The summed E-state index contributed by atoms with van der Waals surface area (Å²) in [4.78, 5) is 24.3. The lowest BCUT2D eigenvalue weighted by atomic mass is 10.1. The van der Waals surface area contributed by atoms with E-state index in [4.69, 9.17) is 0 Å². The molecule has 1 atom stereocenters. The van der Waals surface area contributed by atoms with Gasteiger partial charge in [-0.2, -0.15) is 0 Å². The Bertz CT molecular complexity index is 412. The van der Waals surface area contributed by atoms with Crippen LogP contribution in [0.25, 0.3) is 0 Å². The molecule has 3 nitrogen and oxygen atoms in total. The first-order valence-electron chi connectivity index (χ1n) is 6.63. The topological polar surface area (TPSA) is 46.2 Å². The molecule has 0 saturated heterocycles. The molecule has 2 amide bonds. The summed E-state index contributed by atoms with van der Waals surface area (Å²) in [5.41, 5.74) is 0.661. The quantitative estimate of drug-likeness (QED) is 0.568. The minimum absolute atomic E-state index is 0.148. The van der Waals surface area contributed by atoms with Crippen LogP contribution in [0.5, 0.6) is 0 Å². The van der Waals surface area contributed by atoms with Gasteiger partial charge in [0.05, 0.1) is 0 Å². The Balaban J connectivity index is 2.00. The average molecular weight is 265 g/mol. The van der Waals surface area contributed by atoms with Gasteiger partial charge in [0.2, 0.25) is 0 Å². The highest BCUT2D eigenvalue weighted by molar-refractivity contribution is 8.03. The molecular formula is C14H19NO2S. The molecule has 0 fully saturated rings. The molecule has 1 unspecified atom stereocenters. The van der Waals surface area contributed by atoms with E-state index in [0.29, 0.717) is 5.57 Å². The van der Waals surface area contributed by atoms with E-state index in [9.17, 15) is 9.59 Å². The fourth-order valence-electron chi connectivity index (χ4n) is 2.08. The van der Waals surface area contributed by atoms with Crippen molar-refractivity contribution in [3.63, 3.8) is 0 Å². The molecule has 1 aliphatic carbocycles. The van der Waals surface area contributed by atoms with Gasteiger partial charge in [-0.1, -0.05) is 32.3 Å². The van der Waals surface area contributed by atoms with Gasteiger partial charge in [-0.3, -0.25) is 14.9 Å². The number of nitrogens with one attached hydrogen (secondary N) is 1. The van der Waals surface area contributed by atoms with Gasteiger partial charge in [0.25, 0.3) is 11.8 Å². The van der Waals surface area contributed by atoms with Crippen molar-refractivity contribution in [1.82, 2.24) is 5.32 Å². The van der Waals surface area contributed by atoms with Crippen LogP contribution in [0.3, 0.4) is 0 Å². The lowest BCUT2D eigenvalue weighted by Crippen LogP contribution is -2.25. The van der Waals surface area contributed by atoms with Gasteiger partial charge < -0.3 is 0 Å². The molecule has 0 radical (unpaired) electrons. The number of hydrogen-bond acceptors (Lipinski definition) is 3. The highest BCUT2D eigenvalue weighted by Gasteiger charge is 2.29. The first kappa shape index (κ1) is 13.4. The summed E-state index contributed by atoms with van der Waals surface area (Å²) in [6.45, 7) is 2.17. The van der Waals surface area contributed by atoms with Crippen molar-refractivity contribution in [2.45, 2.75) is 50.7 Å². The number of rotatable bonds is 7. The fraction of sp³-hybridized carbons (Fsp3) is 0.571. The number of thioether (sulfide) groups is 1. The summed E-state index contributed by atoms with van der Waals surface area (Å²) in [6, 6.07) is 0. The minimum atomic E-state index is -0.265. The van der Waals surface area contributed by atoms with Crippen molar-refractivity contribution >= 4 is 23.6 Å². The van der Waals surface area contributed by atoms with Crippen molar-refractivity contribution in [2.75, 3.05) is 0 Å². The van der Waals surface area contributed by atoms with E-state index in [1.165, 1.54) is 23.8 Å². The largest absolute Gasteiger partial charge is 0.289 e. The number of unbranched alkanes of at least 4 members (excludes halogenated alkanes) is 2. The maximum atomic E-state index is 11.7. The van der Waals surface area contributed by atoms with Crippen molar-refractivity contribution in [3.8, 4) is 0 Å². The van der Waals surface area contributed by atoms with Gasteiger partial charge in [0.15, 0.2) is 0 Å². The van der Waals surface area contributed by atoms with Crippen LogP contribution < -0.4 is 5.32 Å². The number of allylic oxidation sites excluding steroid dienone is 2. The molecule has 2 rings (SSSR count). The summed E-state index contributed by atoms with van der Waals surface area (Å²) in [7, 11) is 0. The monoisotopic (exact) mass is 265 g/mol. The van der Waals surface area contributed by atoms with Crippen molar-refractivity contribution in [2.24, 2.45) is 0 Å². The van der Waals surface area contributed by atoms with Crippen LogP contribution in [-0.4, -0.2) is 17.1 Å². The highest BCUT2D eigenvalue weighted by atomic mass is 32.2. The molecule has 1 aliphatic heterocycles. The second-order valence-corrected chi connectivity index (χ2v) is 6.06. The van der Waals surface area contributed by atoms with E-state index in [1.807, 2.05) is 0 Å². The third kappa shape index (κ3) is 3.25. The molecule has 1 N–H and O–H groups in total. The molecule has 4 heteroatoms. The molecule has 0 aromatic carbocycles. The molecular weight excluding hydrogens is 246 g/mol. The van der Waals surface area contributed by atoms with Crippen LogP contribution in [0, 0.1) is 0 Å². The molecule has 98 valence electrons. The molecule has 0 bridgehead atoms. The zero-order valence-electron chi connectivity index (χ0n) is 10.7. The van der Waals surface area contributed by atoms with Crippen molar-refractivity contribution in [1.29, 1.82) is 0 Å². The van der Waals surface area contributed by atoms with Crippen LogP contribution in [0.4, 0.5) is 0 Å². The summed E-state index contributed by atoms with van der Waals surface area (Å²) in [6.07, 6.45) is 10.4. The van der Waals surface area contributed by atoms with Crippen molar-refractivity contribution < 1.29 is 9.59 Å².